The van der Waals surface area contributed by atoms with Gasteiger partial charge >= 0.3 is 0 Å². The van der Waals surface area contributed by atoms with E-state index in [1.54, 1.807) is 7.11 Å². The molecule has 0 bridgehead atoms. The zero-order valence-electron chi connectivity index (χ0n) is 7.36. The zero-order chi connectivity index (χ0) is 8.55. The first kappa shape index (κ1) is 8.44. The van der Waals surface area contributed by atoms with Gasteiger partial charge in [0.05, 0.1) is 12.2 Å². The van der Waals surface area contributed by atoms with Gasteiger partial charge in [-0.2, -0.15) is 0 Å². The second-order valence-electron chi connectivity index (χ2n) is 3.60. The Balaban J connectivity index is 1.79. The number of aliphatic hydroxyl groups is 1. The Hall–Kier alpha value is -0.160. The first-order chi connectivity index (χ1) is 5.81. The summed E-state index contributed by atoms with van der Waals surface area (Å²) in [7, 11) is 1.74. The molecule has 0 unspecified atom stereocenters. The van der Waals surface area contributed by atoms with Crippen molar-refractivity contribution in [1.82, 2.24) is 10.2 Å². The third-order valence-corrected chi connectivity index (χ3v) is 2.83. The normalized spacial score (nSPS) is 38.5. The molecule has 0 aliphatic carbocycles. The van der Waals surface area contributed by atoms with Crippen LogP contribution in [0.1, 0.15) is 0 Å². The Kier molecular flexibility index (Phi) is 2.32. The fourth-order valence-corrected chi connectivity index (χ4v) is 1.91. The van der Waals surface area contributed by atoms with E-state index in [1.807, 2.05) is 0 Å². The van der Waals surface area contributed by atoms with Gasteiger partial charge in [0.2, 0.25) is 0 Å². The second-order valence-corrected chi connectivity index (χ2v) is 3.60. The van der Waals surface area contributed by atoms with Crippen LogP contribution >= 0.6 is 0 Å². The summed E-state index contributed by atoms with van der Waals surface area (Å²) < 4.78 is 5.17. The number of β-amino-alcohol motifs (C(OH)–C–C–N with tert-alkyl or cyclic N) is 1. The van der Waals surface area contributed by atoms with Crippen molar-refractivity contribution in [2.24, 2.45) is 0 Å². The van der Waals surface area contributed by atoms with Crippen LogP contribution in [0.4, 0.5) is 0 Å². The molecule has 0 aromatic heterocycles. The number of rotatable bonds is 2. The largest absolute Gasteiger partial charge is 0.390 e. The Labute approximate surface area is 72.5 Å². The van der Waals surface area contributed by atoms with Gasteiger partial charge in [-0.25, -0.2) is 0 Å². The molecule has 4 nitrogen and oxygen atoms in total. The van der Waals surface area contributed by atoms with Crippen molar-refractivity contribution in [2.75, 3.05) is 33.3 Å². The van der Waals surface area contributed by atoms with E-state index in [1.165, 1.54) is 0 Å². The number of ether oxygens (including phenoxy) is 1. The fourth-order valence-electron chi connectivity index (χ4n) is 1.91. The van der Waals surface area contributed by atoms with Gasteiger partial charge in [-0.3, -0.25) is 4.90 Å². The van der Waals surface area contributed by atoms with Crippen molar-refractivity contribution in [1.29, 1.82) is 0 Å². The lowest BCUT2D eigenvalue weighted by Gasteiger charge is -2.42. The number of nitrogens with one attached hydrogen (secondary N) is 1. The standard InChI is InChI=1S/C8H16N2O2/c1-12-6-4-10(5-6)7-2-9-3-8(7)11/h6-9,11H,2-5H2,1H3/t7-,8-/m1/s1. The second kappa shape index (κ2) is 3.30. The summed E-state index contributed by atoms with van der Waals surface area (Å²) in [4.78, 5) is 2.28. The van der Waals surface area contributed by atoms with Crippen molar-refractivity contribution in [3.05, 3.63) is 0 Å². The van der Waals surface area contributed by atoms with Crippen LogP contribution in [0.3, 0.4) is 0 Å². The Morgan fingerprint density at radius 1 is 1.42 bits per heavy atom. The fraction of sp³-hybridized carbons (Fsp3) is 1.00. The van der Waals surface area contributed by atoms with Gasteiger partial charge in [0, 0.05) is 39.3 Å². The average Bonchev–Trinajstić information content (AvgIpc) is 2.35. The molecular weight excluding hydrogens is 156 g/mol. The number of methoxy groups -OCH3 is 1. The van der Waals surface area contributed by atoms with Crippen molar-refractivity contribution >= 4 is 0 Å². The van der Waals surface area contributed by atoms with Crippen molar-refractivity contribution in [3.63, 3.8) is 0 Å². The molecule has 70 valence electrons. The molecule has 2 fully saturated rings. The summed E-state index contributed by atoms with van der Waals surface area (Å²) in [6.07, 6.45) is 0.195. The van der Waals surface area contributed by atoms with E-state index in [-0.39, 0.29) is 6.10 Å². The molecule has 2 N–H and O–H groups in total. The number of aliphatic hydroxyl groups excluding tert-OH is 1. The van der Waals surface area contributed by atoms with Gasteiger partial charge in [-0.15, -0.1) is 0 Å². The highest BCUT2D eigenvalue weighted by Gasteiger charge is 2.37. The van der Waals surface area contributed by atoms with Gasteiger partial charge in [-0.05, 0) is 0 Å². The van der Waals surface area contributed by atoms with Gasteiger partial charge in [0.25, 0.3) is 0 Å². The van der Waals surface area contributed by atoms with E-state index in [0.717, 1.165) is 26.2 Å². The molecule has 0 aromatic rings. The van der Waals surface area contributed by atoms with Gasteiger partial charge in [-0.1, -0.05) is 0 Å². The maximum absolute atomic E-state index is 9.54. The maximum atomic E-state index is 9.54. The van der Waals surface area contributed by atoms with Crippen LogP contribution in [0.5, 0.6) is 0 Å². The van der Waals surface area contributed by atoms with Crippen LogP contribution in [-0.4, -0.2) is 61.5 Å². The van der Waals surface area contributed by atoms with Crippen LogP contribution in [0, 0.1) is 0 Å². The number of hydrogen-bond donors (Lipinski definition) is 2. The van der Waals surface area contributed by atoms with Crippen LogP contribution in [0.25, 0.3) is 0 Å². The molecule has 2 saturated heterocycles. The van der Waals surface area contributed by atoms with E-state index >= 15 is 0 Å². The Bertz CT molecular complexity index is 159. The zero-order valence-corrected chi connectivity index (χ0v) is 7.36. The number of hydrogen-bond acceptors (Lipinski definition) is 4. The topological polar surface area (TPSA) is 44.7 Å². The minimum Gasteiger partial charge on any atom is -0.390 e. The molecule has 4 heteroatoms. The molecule has 0 saturated carbocycles. The summed E-state index contributed by atoms with van der Waals surface area (Å²) in [5.41, 5.74) is 0. The molecule has 0 radical (unpaired) electrons. The first-order valence-corrected chi connectivity index (χ1v) is 4.47. The summed E-state index contributed by atoms with van der Waals surface area (Å²) in [6.45, 7) is 3.59. The predicted molar refractivity (Wildman–Crippen MR) is 45.0 cm³/mol. The lowest BCUT2D eigenvalue weighted by atomic mass is 10.1. The number of likely N-dealkylation sites (tertiary alicyclic amines) is 1. The van der Waals surface area contributed by atoms with E-state index in [2.05, 4.69) is 10.2 Å². The molecule has 2 aliphatic heterocycles. The number of nitrogens with zero attached hydrogens (tertiary/aromatic N) is 1. The van der Waals surface area contributed by atoms with Crippen molar-refractivity contribution in [3.8, 4) is 0 Å². The SMILES string of the molecule is COC1CN([C@@H]2CNC[C@H]2O)C1. The summed E-state index contributed by atoms with van der Waals surface area (Å²) in [5.74, 6) is 0. The van der Waals surface area contributed by atoms with Crippen molar-refractivity contribution < 1.29 is 9.84 Å². The predicted octanol–water partition coefficient (Wildman–Crippen LogP) is -1.35. The van der Waals surface area contributed by atoms with Crippen molar-refractivity contribution in [2.45, 2.75) is 18.2 Å². The molecule has 0 amide bonds. The van der Waals surface area contributed by atoms with Gasteiger partial charge in [0.15, 0.2) is 0 Å². The molecule has 0 spiro atoms. The summed E-state index contributed by atoms with van der Waals surface area (Å²) in [6, 6.07) is 0.316. The maximum Gasteiger partial charge on any atom is 0.0831 e. The highest BCUT2D eigenvalue weighted by Crippen LogP contribution is 2.18. The van der Waals surface area contributed by atoms with Crippen LogP contribution in [0.2, 0.25) is 0 Å². The van der Waals surface area contributed by atoms with Crippen LogP contribution < -0.4 is 5.32 Å². The molecule has 2 rings (SSSR count). The highest BCUT2D eigenvalue weighted by atomic mass is 16.5. The van der Waals surface area contributed by atoms with Gasteiger partial charge in [0.1, 0.15) is 0 Å². The van der Waals surface area contributed by atoms with E-state index in [9.17, 15) is 5.11 Å². The molecular formula is C8H16N2O2. The third kappa shape index (κ3) is 1.35. The summed E-state index contributed by atoms with van der Waals surface area (Å²) in [5, 5.41) is 12.7. The smallest absolute Gasteiger partial charge is 0.0831 e. The van der Waals surface area contributed by atoms with Gasteiger partial charge < -0.3 is 15.2 Å². The third-order valence-electron chi connectivity index (χ3n) is 2.83. The van der Waals surface area contributed by atoms with E-state index in [0.29, 0.717) is 12.1 Å². The highest BCUT2D eigenvalue weighted by molar-refractivity contribution is 4.94. The van der Waals surface area contributed by atoms with E-state index < -0.39 is 0 Å². The lowest BCUT2D eigenvalue weighted by molar-refractivity contribution is -0.0659. The first-order valence-electron chi connectivity index (χ1n) is 4.47. The van der Waals surface area contributed by atoms with Crippen LogP contribution in [0.15, 0.2) is 0 Å². The monoisotopic (exact) mass is 172 g/mol. The van der Waals surface area contributed by atoms with Crippen LogP contribution in [-0.2, 0) is 4.74 Å². The molecule has 0 aromatic carbocycles. The quantitative estimate of drug-likeness (QED) is 0.540. The Morgan fingerprint density at radius 2 is 2.17 bits per heavy atom. The average molecular weight is 172 g/mol. The minimum absolute atomic E-state index is 0.192. The molecule has 2 aliphatic rings. The van der Waals surface area contributed by atoms with E-state index in [4.69, 9.17) is 4.74 Å². The molecule has 12 heavy (non-hydrogen) atoms. The lowest BCUT2D eigenvalue weighted by Crippen LogP contribution is -2.59. The minimum atomic E-state index is -0.192. The Morgan fingerprint density at radius 3 is 2.67 bits per heavy atom. The molecule has 2 heterocycles. The summed E-state index contributed by atoms with van der Waals surface area (Å²) >= 11 is 0. The molecule has 2 atom stereocenters.